The predicted octanol–water partition coefficient (Wildman–Crippen LogP) is 18.9. The quantitative estimate of drug-likeness (QED) is 0.0262. The third-order valence-electron chi connectivity index (χ3n) is 11.8. The molecule has 388 valence electrons. The smallest absolute Gasteiger partial charge is 0.306 e. The molecule has 0 aromatic heterocycles. The van der Waals surface area contributed by atoms with E-state index in [0.29, 0.717) is 19.3 Å². The van der Waals surface area contributed by atoms with Crippen molar-refractivity contribution in [3.05, 3.63) is 97.2 Å². The Morgan fingerprint density at radius 1 is 0.309 bits per heavy atom. The second-order valence-corrected chi connectivity index (χ2v) is 18.5. The van der Waals surface area contributed by atoms with Crippen molar-refractivity contribution in [3.8, 4) is 0 Å². The van der Waals surface area contributed by atoms with Crippen LogP contribution in [0.4, 0.5) is 0 Å². The monoisotopic (exact) mass is 945 g/mol. The van der Waals surface area contributed by atoms with Crippen molar-refractivity contribution >= 4 is 17.9 Å². The Bertz CT molecular complexity index is 1360. The lowest BCUT2D eigenvalue weighted by molar-refractivity contribution is -0.167. The normalized spacial score (nSPS) is 12.8. The minimum absolute atomic E-state index is 0.0901. The number of hydrogen-bond acceptors (Lipinski definition) is 6. The first-order valence-electron chi connectivity index (χ1n) is 28.2. The zero-order valence-electron chi connectivity index (χ0n) is 44.3. The van der Waals surface area contributed by atoms with Gasteiger partial charge in [-0.2, -0.15) is 0 Å². The van der Waals surface area contributed by atoms with Gasteiger partial charge >= 0.3 is 17.9 Å². The molecule has 0 heterocycles. The second-order valence-electron chi connectivity index (χ2n) is 18.5. The Labute approximate surface area is 419 Å². The van der Waals surface area contributed by atoms with Gasteiger partial charge in [0.2, 0.25) is 0 Å². The highest BCUT2D eigenvalue weighted by Gasteiger charge is 2.19. The van der Waals surface area contributed by atoms with Crippen molar-refractivity contribution in [1.82, 2.24) is 0 Å². The number of allylic oxidation sites excluding steroid dienone is 16. The van der Waals surface area contributed by atoms with Crippen molar-refractivity contribution < 1.29 is 28.6 Å². The largest absolute Gasteiger partial charge is 0.462 e. The molecular weight excluding hydrogens is 841 g/mol. The third kappa shape index (κ3) is 53.3. The Balaban J connectivity index is 4.39. The van der Waals surface area contributed by atoms with Gasteiger partial charge in [-0.3, -0.25) is 14.4 Å². The summed E-state index contributed by atoms with van der Waals surface area (Å²) in [7, 11) is 0. The Morgan fingerprint density at radius 3 is 0.941 bits per heavy atom. The van der Waals surface area contributed by atoms with Crippen LogP contribution in [0, 0.1) is 0 Å². The highest BCUT2D eigenvalue weighted by Crippen LogP contribution is 2.14. The first-order valence-corrected chi connectivity index (χ1v) is 28.2. The number of unbranched alkanes of at least 4 members (excludes halogenated alkanes) is 23. The van der Waals surface area contributed by atoms with E-state index in [4.69, 9.17) is 14.2 Å². The van der Waals surface area contributed by atoms with Crippen LogP contribution >= 0.6 is 0 Å². The fourth-order valence-electron chi connectivity index (χ4n) is 7.59. The molecule has 0 spiro atoms. The van der Waals surface area contributed by atoms with Crippen LogP contribution in [-0.2, 0) is 28.6 Å². The molecular formula is C62H104O6. The van der Waals surface area contributed by atoms with Crippen molar-refractivity contribution in [3.63, 3.8) is 0 Å². The van der Waals surface area contributed by atoms with E-state index in [1.807, 2.05) is 0 Å². The molecule has 0 aromatic carbocycles. The molecule has 0 radical (unpaired) electrons. The number of esters is 3. The molecule has 0 aliphatic heterocycles. The van der Waals surface area contributed by atoms with Crippen LogP contribution in [0.5, 0.6) is 0 Å². The van der Waals surface area contributed by atoms with Gasteiger partial charge < -0.3 is 14.2 Å². The lowest BCUT2D eigenvalue weighted by Gasteiger charge is -2.18. The predicted molar refractivity (Wildman–Crippen MR) is 293 cm³/mol. The summed E-state index contributed by atoms with van der Waals surface area (Å²) in [5.74, 6) is -0.932. The molecule has 0 aliphatic rings. The standard InChI is InChI=1S/C62H104O6/c1-4-7-10-13-16-19-22-25-26-27-28-29-30-31-32-33-34-35-36-38-40-43-46-49-52-55-61(64)67-58-59(57-66-60(63)54-51-48-45-42-39-24-21-18-15-12-9-6-3)68-62(65)56-53-50-47-44-41-37-23-20-17-14-11-8-5-2/h7,10,16,19-20,23,25-26,28-29,31-32,34-35,38,40,59H,4-6,8-9,11-15,17-18,21-22,24,27,30,33,36-37,39,41-58H2,1-3H3/b10-7-,19-16-,23-20-,26-25-,29-28-,32-31-,35-34-,40-38-. The molecule has 0 aliphatic carbocycles. The first-order chi connectivity index (χ1) is 33.5. The van der Waals surface area contributed by atoms with Crippen molar-refractivity contribution in [1.29, 1.82) is 0 Å². The molecule has 0 amide bonds. The average molecular weight is 946 g/mol. The highest BCUT2D eigenvalue weighted by molar-refractivity contribution is 5.71. The minimum atomic E-state index is -0.794. The van der Waals surface area contributed by atoms with Gasteiger partial charge in [0.15, 0.2) is 6.10 Å². The summed E-state index contributed by atoms with van der Waals surface area (Å²) in [6, 6.07) is 0. The van der Waals surface area contributed by atoms with Gasteiger partial charge in [0.1, 0.15) is 13.2 Å². The van der Waals surface area contributed by atoms with Gasteiger partial charge in [0.25, 0.3) is 0 Å². The van der Waals surface area contributed by atoms with Crippen LogP contribution in [0.2, 0.25) is 0 Å². The van der Waals surface area contributed by atoms with Gasteiger partial charge in [-0.15, -0.1) is 0 Å². The number of ether oxygens (including phenoxy) is 3. The van der Waals surface area contributed by atoms with Crippen LogP contribution < -0.4 is 0 Å². The maximum absolute atomic E-state index is 12.8. The molecule has 6 heteroatoms. The van der Waals surface area contributed by atoms with Crippen LogP contribution in [0.15, 0.2) is 97.2 Å². The molecule has 68 heavy (non-hydrogen) atoms. The zero-order chi connectivity index (χ0) is 49.3. The van der Waals surface area contributed by atoms with E-state index in [1.54, 1.807) is 0 Å². The molecule has 0 bridgehead atoms. The van der Waals surface area contributed by atoms with Gasteiger partial charge in [0, 0.05) is 19.3 Å². The fraction of sp³-hybridized carbons (Fsp3) is 0.694. The minimum Gasteiger partial charge on any atom is -0.462 e. The Hall–Kier alpha value is -3.67. The number of hydrogen-bond donors (Lipinski definition) is 0. The van der Waals surface area contributed by atoms with Crippen molar-refractivity contribution in [2.75, 3.05) is 13.2 Å². The molecule has 0 saturated carbocycles. The first kappa shape index (κ1) is 64.3. The van der Waals surface area contributed by atoms with E-state index >= 15 is 0 Å². The van der Waals surface area contributed by atoms with E-state index in [0.717, 1.165) is 122 Å². The molecule has 0 N–H and O–H groups in total. The highest BCUT2D eigenvalue weighted by atomic mass is 16.6. The van der Waals surface area contributed by atoms with Gasteiger partial charge in [0.05, 0.1) is 0 Å². The molecule has 1 atom stereocenters. The molecule has 1 unspecified atom stereocenters. The average Bonchev–Trinajstić information content (AvgIpc) is 3.34. The summed E-state index contributed by atoms with van der Waals surface area (Å²) in [6.07, 6.45) is 74.0. The number of carbonyl (C=O) groups excluding carboxylic acids is 3. The SMILES string of the molecule is CC/C=C\C/C=C\C/C=C\C/C=C\C/C=C\C/C=C\C/C=C\CCCCCC(=O)OCC(COC(=O)CCCCCCCCCCCCCC)OC(=O)CCCCCCC/C=C\CCCCCC. The van der Waals surface area contributed by atoms with E-state index in [-0.39, 0.29) is 31.1 Å². The lowest BCUT2D eigenvalue weighted by atomic mass is 10.0. The maximum atomic E-state index is 12.8. The molecule has 0 saturated heterocycles. The molecule has 0 fully saturated rings. The van der Waals surface area contributed by atoms with Crippen LogP contribution in [0.25, 0.3) is 0 Å². The summed E-state index contributed by atoms with van der Waals surface area (Å²) in [4.78, 5) is 38.0. The molecule has 6 nitrogen and oxygen atoms in total. The van der Waals surface area contributed by atoms with Crippen molar-refractivity contribution in [2.24, 2.45) is 0 Å². The van der Waals surface area contributed by atoms with E-state index in [2.05, 4.69) is 118 Å². The lowest BCUT2D eigenvalue weighted by Crippen LogP contribution is -2.30. The summed E-state index contributed by atoms with van der Waals surface area (Å²) < 4.78 is 16.8. The van der Waals surface area contributed by atoms with Crippen LogP contribution in [0.1, 0.15) is 258 Å². The van der Waals surface area contributed by atoms with Crippen LogP contribution in [0.3, 0.4) is 0 Å². The van der Waals surface area contributed by atoms with Gasteiger partial charge in [-0.05, 0) is 103 Å². The Morgan fingerprint density at radius 2 is 0.574 bits per heavy atom. The zero-order valence-corrected chi connectivity index (χ0v) is 44.3. The maximum Gasteiger partial charge on any atom is 0.306 e. The van der Waals surface area contributed by atoms with E-state index < -0.39 is 6.10 Å². The van der Waals surface area contributed by atoms with E-state index in [1.165, 1.54) is 96.3 Å². The Kier molecular flexibility index (Phi) is 52.9. The van der Waals surface area contributed by atoms with Gasteiger partial charge in [-0.1, -0.05) is 234 Å². The summed E-state index contributed by atoms with van der Waals surface area (Å²) in [5, 5.41) is 0. The number of carbonyl (C=O) groups is 3. The molecule has 0 rings (SSSR count). The second kappa shape index (κ2) is 55.9. The summed E-state index contributed by atoms with van der Waals surface area (Å²) in [5.41, 5.74) is 0. The molecule has 0 aromatic rings. The fourth-order valence-corrected chi connectivity index (χ4v) is 7.59. The van der Waals surface area contributed by atoms with Gasteiger partial charge in [-0.25, -0.2) is 0 Å². The third-order valence-corrected chi connectivity index (χ3v) is 11.8. The summed E-state index contributed by atoms with van der Waals surface area (Å²) >= 11 is 0. The number of rotatable bonds is 50. The van der Waals surface area contributed by atoms with E-state index in [9.17, 15) is 14.4 Å². The topological polar surface area (TPSA) is 78.9 Å². The summed E-state index contributed by atoms with van der Waals surface area (Å²) in [6.45, 7) is 6.47. The van der Waals surface area contributed by atoms with Crippen molar-refractivity contribution in [2.45, 2.75) is 264 Å². The van der Waals surface area contributed by atoms with Crippen LogP contribution in [-0.4, -0.2) is 37.2 Å².